The first kappa shape index (κ1) is 15.2. The summed E-state index contributed by atoms with van der Waals surface area (Å²) in [6.07, 6.45) is 0.800. The maximum absolute atomic E-state index is 10.9. The summed E-state index contributed by atoms with van der Waals surface area (Å²) in [5.74, 6) is 0. The van der Waals surface area contributed by atoms with E-state index >= 15 is 0 Å². The molecule has 0 radical (unpaired) electrons. The highest BCUT2D eigenvalue weighted by molar-refractivity contribution is 14.1. The highest BCUT2D eigenvalue weighted by Gasteiger charge is 2.25. The number of hydrogen-bond donors (Lipinski definition) is 3. The summed E-state index contributed by atoms with van der Waals surface area (Å²) in [5.41, 5.74) is 8.92. The number of aryl methyl sites for hydroxylation is 1. The van der Waals surface area contributed by atoms with Gasteiger partial charge in [-0.05, 0) is 47.6 Å². The smallest absolute Gasteiger partial charge is 0.404 e. The molecular weight excluding hydrogens is 397 g/mol. The Morgan fingerprint density at radius 3 is 3.05 bits per heavy atom. The Balaban J connectivity index is 2.02. The summed E-state index contributed by atoms with van der Waals surface area (Å²) in [5, 5.41) is 17.0. The molecule has 2 aromatic rings. The van der Waals surface area contributed by atoms with Crippen molar-refractivity contribution in [2.45, 2.75) is 18.9 Å². The van der Waals surface area contributed by atoms with Crippen molar-refractivity contribution in [3.05, 3.63) is 15.8 Å². The van der Waals surface area contributed by atoms with E-state index in [1.165, 1.54) is 0 Å². The molecule has 4 N–H and O–H groups in total. The van der Waals surface area contributed by atoms with Crippen LogP contribution in [0, 0.1) is 3.70 Å². The number of benzene rings is 1. The zero-order chi connectivity index (χ0) is 15.9. The molecule has 1 unspecified atom stereocenters. The number of anilines is 2. The Morgan fingerprint density at radius 1 is 1.55 bits per heavy atom. The Hall–Kier alpha value is -1.71. The Labute approximate surface area is 141 Å². The number of carbonyl (C=O) groups is 1. The molecule has 1 amide bonds. The van der Waals surface area contributed by atoms with E-state index in [4.69, 9.17) is 10.8 Å². The highest BCUT2D eigenvalue weighted by Crippen LogP contribution is 2.36. The normalized spacial score (nSPS) is 18.6. The number of carboxylic acid groups (broad SMARTS) is 1. The van der Waals surface area contributed by atoms with Crippen molar-refractivity contribution in [1.82, 2.24) is 15.1 Å². The lowest BCUT2D eigenvalue weighted by Gasteiger charge is -2.35. The van der Waals surface area contributed by atoms with Crippen molar-refractivity contribution in [3.8, 4) is 0 Å². The second kappa shape index (κ2) is 5.82. The number of hydrogen-bond acceptors (Lipinski definition) is 4. The van der Waals surface area contributed by atoms with Crippen LogP contribution in [0.15, 0.2) is 12.1 Å². The number of piperidine rings is 1. The van der Waals surface area contributed by atoms with Crippen molar-refractivity contribution >= 4 is 51.0 Å². The van der Waals surface area contributed by atoms with Gasteiger partial charge in [0, 0.05) is 26.2 Å². The van der Waals surface area contributed by atoms with Gasteiger partial charge in [-0.15, -0.1) is 0 Å². The quantitative estimate of drug-likeness (QED) is 0.515. The largest absolute Gasteiger partial charge is 0.465 e. The number of fused-ring (bicyclic) bond motifs is 1. The van der Waals surface area contributed by atoms with E-state index in [9.17, 15) is 4.79 Å². The van der Waals surface area contributed by atoms with Crippen LogP contribution in [0.4, 0.5) is 16.2 Å². The fourth-order valence-electron chi connectivity index (χ4n) is 3.12. The van der Waals surface area contributed by atoms with Crippen molar-refractivity contribution in [2.75, 3.05) is 23.7 Å². The van der Waals surface area contributed by atoms with Gasteiger partial charge in [-0.2, -0.15) is 5.10 Å². The first-order valence-corrected chi connectivity index (χ1v) is 8.20. The first-order chi connectivity index (χ1) is 10.5. The number of aromatic nitrogens is 2. The van der Waals surface area contributed by atoms with E-state index in [0.717, 1.165) is 39.7 Å². The van der Waals surface area contributed by atoms with Crippen molar-refractivity contribution in [2.24, 2.45) is 7.05 Å². The molecule has 0 bridgehead atoms. The molecule has 0 saturated carbocycles. The molecule has 2 heterocycles. The molecule has 7 nitrogen and oxygen atoms in total. The van der Waals surface area contributed by atoms with E-state index in [-0.39, 0.29) is 6.04 Å². The highest BCUT2D eigenvalue weighted by atomic mass is 127. The van der Waals surface area contributed by atoms with Crippen LogP contribution < -0.4 is 16.0 Å². The zero-order valence-corrected chi connectivity index (χ0v) is 14.4. The number of nitrogens with one attached hydrogen (secondary N) is 1. The number of halogens is 1. The number of rotatable bonds is 2. The van der Waals surface area contributed by atoms with Gasteiger partial charge in [0.1, 0.15) is 3.70 Å². The predicted molar refractivity (Wildman–Crippen MR) is 94.2 cm³/mol. The number of amides is 1. The topological polar surface area (TPSA) is 96.4 Å². The van der Waals surface area contributed by atoms with Gasteiger partial charge in [-0.3, -0.25) is 4.68 Å². The van der Waals surface area contributed by atoms with E-state index in [0.29, 0.717) is 12.2 Å². The van der Waals surface area contributed by atoms with Gasteiger partial charge in [0.05, 0.1) is 22.3 Å². The molecule has 1 fully saturated rings. The molecule has 1 aliphatic heterocycles. The predicted octanol–water partition coefficient (Wildman–Crippen LogP) is 2.00. The van der Waals surface area contributed by atoms with Crippen LogP contribution in [-0.2, 0) is 7.05 Å². The third kappa shape index (κ3) is 2.67. The maximum Gasteiger partial charge on any atom is 0.404 e. The summed E-state index contributed by atoms with van der Waals surface area (Å²) in [7, 11) is 1.91. The van der Waals surface area contributed by atoms with Gasteiger partial charge in [0.2, 0.25) is 0 Å². The van der Waals surface area contributed by atoms with Crippen LogP contribution in [0.3, 0.4) is 0 Å². The van der Waals surface area contributed by atoms with Crippen LogP contribution in [0.5, 0.6) is 0 Å². The van der Waals surface area contributed by atoms with Gasteiger partial charge >= 0.3 is 6.09 Å². The van der Waals surface area contributed by atoms with E-state index in [2.05, 4.69) is 37.9 Å². The molecule has 118 valence electrons. The second-order valence-corrected chi connectivity index (χ2v) is 6.57. The van der Waals surface area contributed by atoms with E-state index in [1.54, 1.807) is 0 Å². The van der Waals surface area contributed by atoms with Gasteiger partial charge < -0.3 is 21.1 Å². The van der Waals surface area contributed by atoms with Gasteiger partial charge in [-0.25, -0.2) is 4.79 Å². The summed E-state index contributed by atoms with van der Waals surface area (Å²) >= 11 is 2.22. The summed E-state index contributed by atoms with van der Waals surface area (Å²) < 4.78 is 2.75. The minimum absolute atomic E-state index is 0.0739. The SMILES string of the molecule is Cn1nc(I)c2c(N3CCCC(NC(=O)O)C3)c(N)ccc21. The molecule has 1 atom stereocenters. The molecule has 0 aliphatic carbocycles. The van der Waals surface area contributed by atoms with Crippen LogP contribution in [0.1, 0.15) is 12.8 Å². The van der Waals surface area contributed by atoms with Crippen molar-refractivity contribution < 1.29 is 9.90 Å². The van der Waals surface area contributed by atoms with Crippen LogP contribution in [0.2, 0.25) is 0 Å². The average molecular weight is 415 g/mol. The van der Waals surface area contributed by atoms with Crippen molar-refractivity contribution in [1.29, 1.82) is 0 Å². The number of nitrogens with two attached hydrogens (primary N) is 1. The van der Waals surface area contributed by atoms with E-state index < -0.39 is 6.09 Å². The molecule has 3 rings (SSSR count). The zero-order valence-electron chi connectivity index (χ0n) is 12.2. The Bertz CT molecular complexity index is 730. The van der Waals surface area contributed by atoms with Crippen LogP contribution >= 0.6 is 22.6 Å². The standard InChI is InChI=1S/C14H18IN5O2/c1-19-10-5-4-9(16)12(11(10)13(15)18-19)20-6-2-3-8(7-20)17-14(21)22/h4-5,8,17H,2-3,6-7,16H2,1H3,(H,21,22). The second-order valence-electron chi connectivity index (χ2n) is 5.55. The van der Waals surface area contributed by atoms with Gasteiger partial charge in [-0.1, -0.05) is 0 Å². The molecular formula is C14H18IN5O2. The summed E-state index contributed by atoms with van der Waals surface area (Å²) in [6, 6.07) is 3.79. The fraction of sp³-hybridized carbons (Fsp3) is 0.429. The third-order valence-corrected chi connectivity index (χ3v) is 4.80. The third-order valence-electron chi connectivity index (χ3n) is 4.05. The lowest BCUT2D eigenvalue weighted by molar-refractivity contribution is 0.188. The molecule has 22 heavy (non-hydrogen) atoms. The van der Waals surface area contributed by atoms with E-state index in [1.807, 2.05) is 23.9 Å². The summed E-state index contributed by atoms with van der Waals surface area (Å²) in [4.78, 5) is 13.1. The number of nitrogen functional groups attached to an aromatic ring is 1. The lowest BCUT2D eigenvalue weighted by Crippen LogP contribution is -2.47. The molecule has 1 aliphatic rings. The van der Waals surface area contributed by atoms with Gasteiger partial charge in [0.25, 0.3) is 0 Å². The molecule has 1 saturated heterocycles. The Morgan fingerprint density at radius 2 is 2.32 bits per heavy atom. The minimum Gasteiger partial charge on any atom is -0.465 e. The minimum atomic E-state index is -0.978. The molecule has 0 spiro atoms. The monoisotopic (exact) mass is 415 g/mol. The van der Waals surface area contributed by atoms with Gasteiger partial charge in [0.15, 0.2) is 0 Å². The van der Waals surface area contributed by atoms with Crippen molar-refractivity contribution in [3.63, 3.8) is 0 Å². The maximum atomic E-state index is 10.9. The lowest BCUT2D eigenvalue weighted by atomic mass is 10.0. The van der Waals surface area contributed by atoms with Crippen LogP contribution in [0.25, 0.3) is 10.9 Å². The van der Waals surface area contributed by atoms with Crippen LogP contribution in [-0.4, -0.2) is 40.1 Å². The molecule has 8 heteroatoms. The number of nitrogens with zero attached hydrogens (tertiary/aromatic N) is 3. The summed E-state index contributed by atoms with van der Waals surface area (Å²) in [6.45, 7) is 1.49. The molecule has 1 aromatic heterocycles. The average Bonchev–Trinajstić information content (AvgIpc) is 2.73. The molecule has 1 aromatic carbocycles. The Kier molecular flexibility index (Phi) is 4.02. The fourth-order valence-corrected chi connectivity index (χ4v) is 3.97. The first-order valence-electron chi connectivity index (χ1n) is 7.12.